The van der Waals surface area contributed by atoms with E-state index < -0.39 is 23.3 Å². The summed E-state index contributed by atoms with van der Waals surface area (Å²) in [5.41, 5.74) is 2.33. The average Bonchev–Trinajstić information content (AvgIpc) is 2.52. The molecule has 1 unspecified atom stereocenters. The van der Waals surface area contributed by atoms with Crippen LogP contribution in [0.3, 0.4) is 0 Å². The summed E-state index contributed by atoms with van der Waals surface area (Å²) in [6.07, 6.45) is 1.58. The zero-order valence-corrected chi connectivity index (χ0v) is 13.3. The van der Waals surface area contributed by atoms with Crippen LogP contribution < -0.4 is 0 Å². The van der Waals surface area contributed by atoms with Crippen molar-refractivity contribution >= 4 is 11.1 Å². The van der Waals surface area contributed by atoms with E-state index in [1.165, 1.54) is 18.2 Å². The number of allylic oxidation sites excluding steroid dienone is 4. The van der Waals surface area contributed by atoms with Crippen molar-refractivity contribution in [2.75, 3.05) is 0 Å². The molecule has 1 atom stereocenters. The van der Waals surface area contributed by atoms with Gasteiger partial charge in [-0.15, -0.1) is 0 Å². The molecule has 1 aliphatic carbocycles. The van der Waals surface area contributed by atoms with Crippen LogP contribution in [0.15, 0.2) is 48.3 Å². The van der Waals surface area contributed by atoms with E-state index in [9.17, 15) is 17.6 Å². The summed E-state index contributed by atoms with van der Waals surface area (Å²) >= 11 is 0. The molecule has 0 N–H and O–H groups in total. The Labute approximate surface area is 138 Å². The fourth-order valence-corrected chi connectivity index (χ4v) is 3.02. The van der Waals surface area contributed by atoms with Gasteiger partial charge < -0.3 is 0 Å². The van der Waals surface area contributed by atoms with Gasteiger partial charge >= 0.3 is 0 Å². The van der Waals surface area contributed by atoms with Crippen LogP contribution in [0.5, 0.6) is 0 Å². The monoisotopic (exact) mass is 332 g/mol. The van der Waals surface area contributed by atoms with Crippen molar-refractivity contribution in [1.29, 1.82) is 0 Å². The molecule has 1 aliphatic rings. The van der Waals surface area contributed by atoms with Crippen LogP contribution in [0.4, 0.5) is 17.6 Å². The van der Waals surface area contributed by atoms with Crippen molar-refractivity contribution in [2.24, 2.45) is 5.92 Å². The van der Waals surface area contributed by atoms with Crippen molar-refractivity contribution in [3.8, 4) is 0 Å². The smallest absolute Gasteiger partial charge is 0.159 e. The summed E-state index contributed by atoms with van der Waals surface area (Å²) in [4.78, 5) is 0. The lowest BCUT2D eigenvalue weighted by Gasteiger charge is -2.24. The molecule has 124 valence electrons. The Balaban J connectivity index is 2.06. The van der Waals surface area contributed by atoms with Gasteiger partial charge in [0.05, 0.1) is 0 Å². The molecule has 0 heterocycles. The van der Waals surface area contributed by atoms with Gasteiger partial charge in [0.2, 0.25) is 0 Å². The fourth-order valence-electron chi connectivity index (χ4n) is 3.02. The first-order valence-electron chi connectivity index (χ1n) is 7.69. The lowest BCUT2D eigenvalue weighted by atomic mass is 9.81. The molecule has 4 heteroatoms. The molecule has 2 aromatic carbocycles. The van der Waals surface area contributed by atoms with Gasteiger partial charge in [-0.1, -0.05) is 25.1 Å². The van der Waals surface area contributed by atoms with E-state index in [2.05, 4.69) is 0 Å². The summed E-state index contributed by atoms with van der Waals surface area (Å²) in [7, 11) is 0. The second kappa shape index (κ2) is 6.27. The molecule has 0 amide bonds. The zero-order chi connectivity index (χ0) is 17.4. The third-order valence-electron chi connectivity index (χ3n) is 4.32. The first-order valence-corrected chi connectivity index (χ1v) is 7.69. The predicted molar refractivity (Wildman–Crippen MR) is 87.3 cm³/mol. The Morgan fingerprint density at radius 3 is 2.29 bits per heavy atom. The number of benzene rings is 2. The molecule has 3 rings (SSSR count). The predicted octanol–water partition coefficient (Wildman–Crippen LogP) is 6.22. The minimum atomic E-state index is -1.01. The van der Waals surface area contributed by atoms with Crippen LogP contribution in [0, 0.1) is 30.3 Å². The lowest BCUT2D eigenvalue weighted by Crippen LogP contribution is -2.08. The highest BCUT2D eigenvalue weighted by Crippen LogP contribution is 2.40. The van der Waals surface area contributed by atoms with Crippen molar-refractivity contribution in [2.45, 2.75) is 20.3 Å². The van der Waals surface area contributed by atoms with E-state index in [1.807, 2.05) is 6.92 Å². The summed E-state index contributed by atoms with van der Waals surface area (Å²) in [5.74, 6) is -3.07. The topological polar surface area (TPSA) is 0 Å². The Hall–Kier alpha value is -2.36. The van der Waals surface area contributed by atoms with Gasteiger partial charge in [-0.25, -0.2) is 17.6 Å². The van der Waals surface area contributed by atoms with Gasteiger partial charge in [0.25, 0.3) is 0 Å². The molecule has 0 spiro atoms. The number of rotatable bonds is 2. The quantitative estimate of drug-likeness (QED) is 0.573. The maximum atomic E-state index is 14.6. The third kappa shape index (κ3) is 3.01. The summed E-state index contributed by atoms with van der Waals surface area (Å²) in [5, 5.41) is 0. The molecule has 0 aromatic heterocycles. The second-order valence-electron chi connectivity index (χ2n) is 6.14. The third-order valence-corrected chi connectivity index (χ3v) is 4.32. The normalized spacial score (nSPS) is 17.9. The Bertz CT molecular complexity index is 862. The first-order chi connectivity index (χ1) is 11.4. The molecular weight excluding hydrogens is 316 g/mol. The van der Waals surface area contributed by atoms with E-state index in [1.54, 1.807) is 19.1 Å². The van der Waals surface area contributed by atoms with Gasteiger partial charge in [-0.05, 0) is 65.8 Å². The van der Waals surface area contributed by atoms with E-state index in [0.29, 0.717) is 22.3 Å². The molecular formula is C20H16F4. The standard InChI is InChI=1S/C20H16F4/c1-11-3-5-14(18(22)7-11)15-10-19(23)16(8-12(15)2)13-4-6-17(21)20(24)9-13/h3-7,9-10,12H,8H2,1-2H3. The largest absolute Gasteiger partial charge is 0.207 e. The van der Waals surface area contributed by atoms with E-state index in [4.69, 9.17) is 0 Å². The van der Waals surface area contributed by atoms with Crippen LogP contribution in [0.2, 0.25) is 0 Å². The molecule has 0 saturated heterocycles. The second-order valence-corrected chi connectivity index (χ2v) is 6.14. The Morgan fingerprint density at radius 2 is 1.62 bits per heavy atom. The molecule has 0 bridgehead atoms. The van der Waals surface area contributed by atoms with Crippen molar-refractivity contribution in [3.63, 3.8) is 0 Å². The van der Waals surface area contributed by atoms with Gasteiger partial charge in [0.1, 0.15) is 11.6 Å². The van der Waals surface area contributed by atoms with Crippen molar-refractivity contribution in [3.05, 3.63) is 82.4 Å². The summed E-state index contributed by atoms with van der Waals surface area (Å²) < 4.78 is 55.2. The number of halogens is 4. The minimum absolute atomic E-state index is 0.148. The Kier molecular flexibility index (Phi) is 4.31. The molecule has 2 aromatic rings. The van der Waals surface area contributed by atoms with Gasteiger partial charge in [-0.3, -0.25) is 0 Å². The van der Waals surface area contributed by atoms with E-state index >= 15 is 0 Å². The number of hydrogen-bond acceptors (Lipinski definition) is 0. The number of aryl methyl sites for hydroxylation is 1. The molecule has 0 saturated carbocycles. The SMILES string of the molecule is Cc1ccc(C2=CC(F)=C(c3ccc(F)c(F)c3)CC2C)c(F)c1. The fraction of sp³-hybridized carbons (Fsp3) is 0.200. The molecule has 0 nitrogen and oxygen atoms in total. The summed E-state index contributed by atoms with van der Waals surface area (Å²) in [6, 6.07) is 8.15. The molecule has 24 heavy (non-hydrogen) atoms. The van der Waals surface area contributed by atoms with Gasteiger partial charge in [0, 0.05) is 5.56 Å². The molecule has 0 fully saturated rings. The zero-order valence-electron chi connectivity index (χ0n) is 13.3. The van der Waals surface area contributed by atoms with Crippen LogP contribution in [0.25, 0.3) is 11.1 Å². The van der Waals surface area contributed by atoms with Crippen molar-refractivity contribution in [1.82, 2.24) is 0 Å². The highest BCUT2D eigenvalue weighted by Gasteiger charge is 2.24. The van der Waals surface area contributed by atoms with E-state index in [0.717, 1.165) is 17.7 Å². The van der Waals surface area contributed by atoms with Crippen molar-refractivity contribution < 1.29 is 17.6 Å². The van der Waals surface area contributed by atoms with Crippen LogP contribution in [-0.2, 0) is 0 Å². The molecule has 0 aliphatic heterocycles. The van der Waals surface area contributed by atoms with Gasteiger partial charge in [-0.2, -0.15) is 0 Å². The Morgan fingerprint density at radius 1 is 0.875 bits per heavy atom. The first kappa shape index (κ1) is 16.5. The average molecular weight is 332 g/mol. The molecule has 0 radical (unpaired) electrons. The maximum absolute atomic E-state index is 14.6. The van der Waals surface area contributed by atoms with E-state index in [-0.39, 0.29) is 12.3 Å². The van der Waals surface area contributed by atoms with Gasteiger partial charge in [0.15, 0.2) is 11.6 Å². The summed E-state index contributed by atoms with van der Waals surface area (Å²) in [6.45, 7) is 3.64. The van der Waals surface area contributed by atoms with Crippen LogP contribution >= 0.6 is 0 Å². The van der Waals surface area contributed by atoms with Crippen LogP contribution in [0.1, 0.15) is 30.0 Å². The highest BCUT2D eigenvalue weighted by molar-refractivity contribution is 5.81. The van der Waals surface area contributed by atoms with Crippen LogP contribution in [-0.4, -0.2) is 0 Å². The maximum Gasteiger partial charge on any atom is 0.159 e. The number of hydrogen-bond donors (Lipinski definition) is 0. The minimum Gasteiger partial charge on any atom is -0.207 e. The highest BCUT2D eigenvalue weighted by atomic mass is 19.2. The lowest BCUT2D eigenvalue weighted by molar-refractivity contribution is 0.508.